The number of carbonyl (C=O) groups excluding carboxylic acids is 7. The Labute approximate surface area is 501 Å². The van der Waals surface area contributed by atoms with Gasteiger partial charge in [0.05, 0.1) is 57.2 Å². The standard InChI is InChI=1S/C62H80O16.3C2H6/c1-10-54(63)73-36-18-14-12-16-34-71-52-32-29-46(39-49(52)61(3,4)5)76-57(66)42-22-20-41(21-23-42)56(65)75-45-28-31-51(48(38-45)60(69)70-9)78-59(68)44-26-24-43(25-27-44)58(67)77-47-30-33-53(50(40-47)62(6,7)8)72-35-17-13-15-19-37-74-55(64)11-2;3*1-2/h10-11,28-33,38-44H,1-2,12-27,34-37H2,3-9H3;3*1-2H3. The molecule has 0 heterocycles. The second-order valence-corrected chi connectivity index (χ2v) is 22.0. The number of carbonyl (C=O) groups is 7. The highest BCUT2D eigenvalue weighted by Crippen LogP contribution is 2.39. The van der Waals surface area contributed by atoms with Gasteiger partial charge in [0.1, 0.15) is 40.1 Å². The first-order valence-electron chi connectivity index (χ1n) is 30.4. The van der Waals surface area contributed by atoms with E-state index in [0.29, 0.717) is 95.0 Å². The third-order valence-electron chi connectivity index (χ3n) is 13.9. The number of ether oxygens (including phenoxy) is 9. The van der Waals surface area contributed by atoms with Crippen molar-refractivity contribution in [3.63, 3.8) is 0 Å². The largest absolute Gasteiger partial charge is 0.493 e. The van der Waals surface area contributed by atoms with Crippen LogP contribution in [0.15, 0.2) is 79.9 Å². The summed E-state index contributed by atoms with van der Waals surface area (Å²) < 4.78 is 50.6. The molecule has 466 valence electrons. The van der Waals surface area contributed by atoms with Gasteiger partial charge >= 0.3 is 41.8 Å². The molecule has 0 radical (unpaired) electrons. The highest BCUT2D eigenvalue weighted by Gasteiger charge is 2.35. The van der Waals surface area contributed by atoms with Gasteiger partial charge in [-0.15, -0.1) is 0 Å². The number of esters is 7. The van der Waals surface area contributed by atoms with Crippen LogP contribution in [-0.2, 0) is 53.8 Å². The van der Waals surface area contributed by atoms with Crippen molar-refractivity contribution < 1.29 is 76.2 Å². The Morgan fingerprint density at radius 1 is 0.429 bits per heavy atom. The fourth-order valence-electron chi connectivity index (χ4n) is 9.36. The Kier molecular flexibility index (Phi) is 33.8. The second-order valence-electron chi connectivity index (χ2n) is 22.0. The number of unbranched alkanes of at least 4 members (excludes halogenated alkanes) is 6. The summed E-state index contributed by atoms with van der Waals surface area (Å²) in [5.41, 5.74) is 1.11. The van der Waals surface area contributed by atoms with E-state index in [1.54, 1.807) is 12.1 Å². The van der Waals surface area contributed by atoms with Gasteiger partial charge in [0.15, 0.2) is 0 Å². The average molecular weight is 1170 g/mol. The van der Waals surface area contributed by atoms with Crippen molar-refractivity contribution >= 4 is 41.8 Å². The van der Waals surface area contributed by atoms with Crippen LogP contribution in [-0.4, -0.2) is 75.3 Å². The summed E-state index contributed by atoms with van der Waals surface area (Å²) in [6.07, 6.45) is 12.3. The van der Waals surface area contributed by atoms with Crippen molar-refractivity contribution in [3.8, 4) is 34.5 Å². The number of rotatable bonds is 27. The van der Waals surface area contributed by atoms with E-state index in [9.17, 15) is 33.6 Å². The Bertz CT molecular complexity index is 2550. The Balaban J connectivity index is 0.00000388. The smallest absolute Gasteiger partial charge is 0.341 e. The molecule has 2 aliphatic rings. The Hall–Kier alpha value is -6.97. The molecule has 2 saturated carbocycles. The SMILES string of the molecule is C=CC(=O)OCCCCCCOc1ccc(OC(=O)C2CCC(C(=O)Oc3ccc(OC(=O)C4CCC(C(=O)Oc5ccc(OCCCCCCOC(=O)C=C)c(C(C)(C)C)c5)CC4)c(C(=O)OC)c3)CC2)cc1C(C)(C)C.CC.CC.CC. The molecular weight excluding hydrogens is 1070 g/mol. The zero-order valence-electron chi connectivity index (χ0n) is 52.7. The molecule has 0 aromatic heterocycles. The van der Waals surface area contributed by atoms with E-state index in [1.165, 1.54) is 25.3 Å². The first-order valence-corrected chi connectivity index (χ1v) is 30.4. The molecule has 2 aliphatic carbocycles. The van der Waals surface area contributed by atoms with Crippen molar-refractivity contribution in [1.82, 2.24) is 0 Å². The molecule has 3 aromatic rings. The van der Waals surface area contributed by atoms with Gasteiger partial charge in [0.2, 0.25) is 0 Å². The van der Waals surface area contributed by atoms with E-state index < -0.39 is 53.5 Å². The van der Waals surface area contributed by atoms with Gasteiger partial charge in [-0.3, -0.25) is 19.2 Å². The molecule has 0 atom stereocenters. The van der Waals surface area contributed by atoms with E-state index in [0.717, 1.165) is 80.4 Å². The first kappa shape index (κ1) is 73.1. The predicted octanol–water partition coefficient (Wildman–Crippen LogP) is 15.1. The normalized spacial score (nSPS) is 16.3. The molecule has 3 aromatic carbocycles. The molecule has 2 fully saturated rings. The summed E-state index contributed by atoms with van der Waals surface area (Å²) in [5, 5.41) is 0. The van der Waals surface area contributed by atoms with E-state index >= 15 is 0 Å². The maximum atomic E-state index is 13.5. The zero-order chi connectivity index (χ0) is 62.8. The minimum absolute atomic E-state index is 0.0521. The van der Waals surface area contributed by atoms with Crippen LogP contribution in [0.5, 0.6) is 34.5 Å². The molecule has 84 heavy (non-hydrogen) atoms. The van der Waals surface area contributed by atoms with Crippen molar-refractivity contribution in [3.05, 3.63) is 96.6 Å². The van der Waals surface area contributed by atoms with Gasteiger partial charge in [0, 0.05) is 23.3 Å². The molecule has 0 amide bonds. The number of hydrogen-bond acceptors (Lipinski definition) is 16. The summed E-state index contributed by atoms with van der Waals surface area (Å²) in [5.74, 6) is -3.07. The topological polar surface area (TPSA) is 203 Å². The minimum atomic E-state index is -0.793. The van der Waals surface area contributed by atoms with Crippen LogP contribution in [0.25, 0.3) is 0 Å². The third kappa shape index (κ3) is 25.1. The lowest BCUT2D eigenvalue weighted by atomic mass is 9.82. The Morgan fingerprint density at radius 3 is 1.04 bits per heavy atom. The van der Waals surface area contributed by atoms with E-state index in [2.05, 4.69) is 54.7 Å². The number of methoxy groups -OCH3 is 1. The number of benzene rings is 3. The number of hydrogen-bond donors (Lipinski definition) is 0. The Morgan fingerprint density at radius 2 is 0.726 bits per heavy atom. The molecule has 0 bridgehead atoms. The lowest BCUT2D eigenvalue weighted by Gasteiger charge is -2.27. The summed E-state index contributed by atoms with van der Waals surface area (Å²) in [6.45, 7) is 32.9. The summed E-state index contributed by atoms with van der Waals surface area (Å²) >= 11 is 0. The van der Waals surface area contributed by atoms with E-state index in [4.69, 9.17) is 42.6 Å². The van der Waals surface area contributed by atoms with Gasteiger partial charge in [0.25, 0.3) is 0 Å². The molecule has 0 saturated heterocycles. The lowest BCUT2D eigenvalue weighted by Crippen LogP contribution is -2.31. The van der Waals surface area contributed by atoms with E-state index in [-0.39, 0.29) is 39.8 Å². The highest BCUT2D eigenvalue weighted by atomic mass is 16.6. The zero-order valence-corrected chi connectivity index (χ0v) is 52.7. The molecule has 0 spiro atoms. The van der Waals surface area contributed by atoms with Gasteiger partial charge in [-0.05, 0) is 168 Å². The van der Waals surface area contributed by atoms with Crippen molar-refractivity contribution in [2.45, 2.75) is 197 Å². The summed E-state index contributed by atoms with van der Waals surface area (Å²) in [7, 11) is 1.19. The maximum Gasteiger partial charge on any atom is 0.341 e. The van der Waals surface area contributed by atoms with Gasteiger partial charge < -0.3 is 42.6 Å². The van der Waals surface area contributed by atoms with Crippen LogP contribution >= 0.6 is 0 Å². The molecular formula is C68H98O16. The fraction of sp³-hybridized carbons (Fsp3) is 0.574. The van der Waals surface area contributed by atoms with Crippen LogP contribution in [0.1, 0.15) is 207 Å². The van der Waals surface area contributed by atoms with Gasteiger partial charge in [-0.25, -0.2) is 14.4 Å². The molecule has 0 unspecified atom stereocenters. The van der Waals surface area contributed by atoms with Crippen LogP contribution in [0.2, 0.25) is 0 Å². The quantitative estimate of drug-likeness (QED) is 0.0229. The van der Waals surface area contributed by atoms with Crippen LogP contribution in [0, 0.1) is 23.7 Å². The van der Waals surface area contributed by atoms with Gasteiger partial charge in [-0.2, -0.15) is 0 Å². The third-order valence-corrected chi connectivity index (χ3v) is 13.9. The predicted molar refractivity (Wildman–Crippen MR) is 326 cm³/mol. The molecule has 0 aliphatic heterocycles. The van der Waals surface area contributed by atoms with Crippen molar-refractivity contribution in [2.75, 3.05) is 33.5 Å². The molecule has 0 N–H and O–H groups in total. The minimum Gasteiger partial charge on any atom is -0.493 e. The molecule has 16 nitrogen and oxygen atoms in total. The average Bonchev–Trinajstić information content (AvgIpc) is 3.59. The molecule has 5 rings (SSSR count). The van der Waals surface area contributed by atoms with E-state index in [1.807, 2.05) is 65.8 Å². The van der Waals surface area contributed by atoms with Crippen LogP contribution in [0.4, 0.5) is 0 Å². The summed E-state index contributed by atoms with van der Waals surface area (Å²) in [4.78, 5) is 89.1. The molecule has 16 heteroatoms. The highest BCUT2D eigenvalue weighted by molar-refractivity contribution is 5.94. The monoisotopic (exact) mass is 1170 g/mol. The van der Waals surface area contributed by atoms with Crippen molar-refractivity contribution in [2.24, 2.45) is 23.7 Å². The second kappa shape index (κ2) is 38.8. The van der Waals surface area contributed by atoms with Crippen LogP contribution < -0.4 is 28.4 Å². The lowest BCUT2D eigenvalue weighted by molar-refractivity contribution is -0.145. The fourth-order valence-corrected chi connectivity index (χ4v) is 9.36. The first-order chi connectivity index (χ1) is 40.2. The maximum absolute atomic E-state index is 13.5. The van der Waals surface area contributed by atoms with Crippen molar-refractivity contribution in [1.29, 1.82) is 0 Å². The van der Waals surface area contributed by atoms with Gasteiger partial charge in [-0.1, -0.05) is 96.2 Å². The summed E-state index contributed by atoms with van der Waals surface area (Å²) in [6, 6.07) is 14.9. The van der Waals surface area contributed by atoms with Crippen LogP contribution in [0.3, 0.4) is 0 Å².